The molecule has 8 nitrogen and oxygen atoms in total. The molecule has 0 radical (unpaired) electrons. The number of hydrogen-bond acceptors (Lipinski definition) is 5. The monoisotopic (exact) mass is 585 g/mol. The molecule has 4 aromatic rings. The largest absolute Gasteiger partial charge is 0.370 e. The Hall–Kier alpha value is -3.24. The molecule has 0 aliphatic rings. The van der Waals surface area contributed by atoms with Crippen LogP contribution in [0, 0.1) is 0 Å². The molecule has 4 rings (SSSR count). The molecule has 4 N–H and O–H groups in total. The number of benzene rings is 1. The number of carbonyl (C=O) groups excluding carboxylic acids is 1. The topological polar surface area (TPSA) is 115 Å². The van der Waals surface area contributed by atoms with Gasteiger partial charge in [-0.05, 0) is 58.7 Å². The number of nitrogens with two attached hydrogens (primary N) is 2. The Balaban J connectivity index is 0.000000465. The van der Waals surface area contributed by atoms with E-state index < -0.39 is 0 Å². The van der Waals surface area contributed by atoms with Crippen molar-refractivity contribution in [1.29, 1.82) is 0 Å². The van der Waals surface area contributed by atoms with Gasteiger partial charge < -0.3 is 20.9 Å². The molecular weight excluding hydrogens is 550 g/mol. The maximum Gasteiger partial charge on any atom is 0.253 e. The Morgan fingerprint density at radius 1 is 1.19 bits per heavy atom. The molecular formula is C27H36BrN7OS. The molecule has 0 saturated heterocycles. The fourth-order valence-corrected chi connectivity index (χ4v) is 4.83. The van der Waals surface area contributed by atoms with Crippen molar-refractivity contribution in [1.82, 2.24) is 19.4 Å². The van der Waals surface area contributed by atoms with Crippen LogP contribution in [0.2, 0.25) is 0 Å². The third kappa shape index (κ3) is 8.68. The van der Waals surface area contributed by atoms with Crippen LogP contribution in [-0.2, 0) is 13.5 Å². The lowest BCUT2D eigenvalue weighted by molar-refractivity contribution is 0.0796. The van der Waals surface area contributed by atoms with Crippen LogP contribution in [0.5, 0.6) is 0 Å². The van der Waals surface area contributed by atoms with Crippen molar-refractivity contribution in [2.24, 2.45) is 23.5 Å². The molecule has 0 aliphatic heterocycles. The Labute approximate surface area is 231 Å². The van der Waals surface area contributed by atoms with Gasteiger partial charge in [-0.15, -0.1) is 11.3 Å². The molecule has 0 aliphatic carbocycles. The van der Waals surface area contributed by atoms with Gasteiger partial charge >= 0.3 is 0 Å². The van der Waals surface area contributed by atoms with E-state index in [9.17, 15) is 4.79 Å². The number of aromatic nitrogens is 3. The minimum atomic E-state index is -0.0103. The first-order chi connectivity index (χ1) is 17.8. The minimum Gasteiger partial charge on any atom is -0.370 e. The molecule has 1 amide bonds. The highest BCUT2D eigenvalue weighted by Crippen LogP contribution is 2.31. The number of amides is 1. The second-order valence-corrected chi connectivity index (χ2v) is 9.76. The lowest BCUT2D eigenvalue weighted by Crippen LogP contribution is -2.29. The van der Waals surface area contributed by atoms with Crippen LogP contribution in [0.3, 0.4) is 0 Å². The van der Waals surface area contributed by atoms with Gasteiger partial charge in [0.2, 0.25) is 0 Å². The van der Waals surface area contributed by atoms with Gasteiger partial charge in [0.15, 0.2) is 11.8 Å². The van der Waals surface area contributed by atoms with Crippen molar-refractivity contribution in [2.45, 2.75) is 33.6 Å². The van der Waals surface area contributed by atoms with E-state index in [1.807, 2.05) is 76.6 Å². The molecule has 3 heterocycles. The number of imidazole rings is 1. The zero-order chi connectivity index (χ0) is 27.4. The Kier molecular flexibility index (Phi) is 12.2. The molecule has 198 valence electrons. The van der Waals surface area contributed by atoms with Crippen molar-refractivity contribution in [3.63, 3.8) is 0 Å². The standard InChI is InChI=1S/C21H19BrN4OS.C4H11N3.C2H6/c1-25(10-8-16-5-3-4-9-23-16)21(27)14-6-7-18-17(11-14)24-20(26(18)2)19-12-15(22)13-28-19;1-2-3-7-4(5)6;1-2/h3-7,9,11-13H,8,10H2,1-2H3;2-3H2,1H3,(H4,5,6,7);1-2H3. The van der Waals surface area contributed by atoms with E-state index in [2.05, 4.69) is 36.5 Å². The summed E-state index contributed by atoms with van der Waals surface area (Å²) in [6, 6.07) is 13.6. The van der Waals surface area contributed by atoms with Gasteiger partial charge in [-0.2, -0.15) is 0 Å². The molecule has 0 atom stereocenters. The summed E-state index contributed by atoms with van der Waals surface area (Å²) in [5, 5.41) is 2.04. The number of pyridine rings is 1. The number of aryl methyl sites for hydroxylation is 1. The number of carbonyl (C=O) groups is 1. The average molecular weight is 587 g/mol. The van der Waals surface area contributed by atoms with Crippen LogP contribution in [0.1, 0.15) is 43.2 Å². The number of aliphatic imine (C=N–C) groups is 1. The maximum atomic E-state index is 12.8. The summed E-state index contributed by atoms with van der Waals surface area (Å²) in [5.41, 5.74) is 13.5. The van der Waals surface area contributed by atoms with Crippen LogP contribution < -0.4 is 11.5 Å². The molecule has 37 heavy (non-hydrogen) atoms. The Bertz CT molecular complexity index is 1300. The number of fused-ring (bicyclic) bond motifs is 1. The van der Waals surface area contributed by atoms with Gasteiger partial charge in [0.25, 0.3) is 5.91 Å². The van der Waals surface area contributed by atoms with Crippen LogP contribution in [0.25, 0.3) is 21.7 Å². The lowest BCUT2D eigenvalue weighted by atomic mass is 10.1. The van der Waals surface area contributed by atoms with Gasteiger partial charge in [-0.1, -0.05) is 26.8 Å². The average Bonchev–Trinajstić information content (AvgIpc) is 3.50. The number of halogens is 1. The number of guanidine groups is 1. The van der Waals surface area contributed by atoms with Crippen molar-refractivity contribution in [2.75, 3.05) is 20.1 Å². The van der Waals surface area contributed by atoms with Crippen molar-refractivity contribution < 1.29 is 4.79 Å². The molecule has 1 aromatic carbocycles. The highest BCUT2D eigenvalue weighted by Gasteiger charge is 2.16. The summed E-state index contributed by atoms with van der Waals surface area (Å²) in [6.45, 7) is 7.37. The van der Waals surface area contributed by atoms with Gasteiger partial charge in [0.05, 0.1) is 15.9 Å². The highest BCUT2D eigenvalue weighted by molar-refractivity contribution is 9.10. The molecule has 0 bridgehead atoms. The number of rotatable bonds is 7. The van der Waals surface area contributed by atoms with Crippen LogP contribution in [0.15, 0.2) is 63.5 Å². The molecule has 0 unspecified atom stereocenters. The SMILES string of the molecule is CC.CCCN=C(N)N.CN(CCc1ccccn1)C(=O)c1ccc2c(c1)nc(-c1cc(Br)cs1)n2C. The van der Waals surface area contributed by atoms with E-state index in [4.69, 9.17) is 16.5 Å². The smallest absolute Gasteiger partial charge is 0.253 e. The molecule has 10 heteroatoms. The molecule has 0 fully saturated rings. The predicted molar refractivity (Wildman–Crippen MR) is 159 cm³/mol. The van der Waals surface area contributed by atoms with E-state index in [-0.39, 0.29) is 11.9 Å². The zero-order valence-corrected chi connectivity index (χ0v) is 24.5. The Morgan fingerprint density at radius 3 is 2.51 bits per heavy atom. The van der Waals surface area contributed by atoms with Gasteiger partial charge in [0.1, 0.15) is 0 Å². The fourth-order valence-electron chi connectivity index (χ4n) is 3.37. The van der Waals surface area contributed by atoms with Gasteiger partial charge in [-0.25, -0.2) is 4.98 Å². The lowest BCUT2D eigenvalue weighted by Gasteiger charge is -2.17. The van der Waals surface area contributed by atoms with Gasteiger partial charge in [-0.3, -0.25) is 14.8 Å². The summed E-state index contributed by atoms with van der Waals surface area (Å²) >= 11 is 5.14. The third-order valence-corrected chi connectivity index (χ3v) is 6.90. The fraction of sp³-hybridized carbons (Fsp3) is 0.333. The summed E-state index contributed by atoms with van der Waals surface area (Å²) in [5.74, 6) is 1.07. The molecule has 0 spiro atoms. The summed E-state index contributed by atoms with van der Waals surface area (Å²) < 4.78 is 3.11. The van der Waals surface area contributed by atoms with E-state index in [0.29, 0.717) is 12.1 Å². The summed E-state index contributed by atoms with van der Waals surface area (Å²) in [4.78, 5) is 28.5. The van der Waals surface area contributed by atoms with Crippen LogP contribution in [-0.4, -0.2) is 51.4 Å². The molecule has 0 saturated carbocycles. The first-order valence-corrected chi connectivity index (χ1v) is 13.9. The first-order valence-electron chi connectivity index (χ1n) is 12.2. The minimum absolute atomic E-state index is 0.0103. The van der Waals surface area contributed by atoms with Crippen LogP contribution in [0.4, 0.5) is 0 Å². The number of hydrogen-bond donors (Lipinski definition) is 2. The van der Waals surface area contributed by atoms with Crippen molar-refractivity contribution in [3.05, 3.63) is 69.8 Å². The van der Waals surface area contributed by atoms with Gasteiger partial charge in [0, 0.05) is 60.9 Å². The zero-order valence-electron chi connectivity index (χ0n) is 22.1. The third-order valence-electron chi connectivity index (χ3n) is 5.21. The first kappa shape index (κ1) is 30.0. The normalized spacial score (nSPS) is 10.1. The van der Waals surface area contributed by atoms with E-state index in [1.165, 1.54) is 0 Å². The number of thiophene rings is 1. The van der Waals surface area contributed by atoms with E-state index in [0.717, 1.165) is 51.3 Å². The highest BCUT2D eigenvalue weighted by atomic mass is 79.9. The second-order valence-electron chi connectivity index (χ2n) is 7.93. The van der Waals surface area contributed by atoms with E-state index in [1.54, 1.807) is 22.4 Å². The maximum absolute atomic E-state index is 12.8. The summed E-state index contributed by atoms with van der Waals surface area (Å²) in [6.07, 6.45) is 3.50. The Morgan fingerprint density at radius 2 is 1.95 bits per heavy atom. The predicted octanol–water partition coefficient (Wildman–Crippen LogP) is 5.47. The van der Waals surface area contributed by atoms with Crippen molar-refractivity contribution in [3.8, 4) is 10.7 Å². The summed E-state index contributed by atoms with van der Waals surface area (Å²) in [7, 11) is 3.82. The number of nitrogens with zero attached hydrogens (tertiary/aromatic N) is 5. The molecule has 3 aromatic heterocycles. The quantitative estimate of drug-likeness (QED) is 0.220. The van der Waals surface area contributed by atoms with Crippen LogP contribution >= 0.6 is 27.3 Å². The van der Waals surface area contributed by atoms with Crippen molar-refractivity contribution >= 4 is 50.2 Å². The second kappa shape index (κ2) is 15.1. The van der Waals surface area contributed by atoms with E-state index >= 15 is 0 Å². The number of likely N-dealkylation sites (N-methyl/N-ethyl adjacent to an activating group) is 1.